The summed E-state index contributed by atoms with van der Waals surface area (Å²) in [5, 5.41) is 18.9. The first-order chi connectivity index (χ1) is 15.6. The molecule has 1 fully saturated rings. The molecule has 0 spiro atoms. The maximum Gasteiger partial charge on any atom is 0.276 e. The number of hydrogen-bond acceptors (Lipinski definition) is 6. The lowest BCUT2D eigenvalue weighted by Gasteiger charge is -2.26. The van der Waals surface area contributed by atoms with Crippen LogP contribution >= 0.6 is 0 Å². The third-order valence-electron chi connectivity index (χ3n) is 4.77. The molecule has 0 amide bonds. The highest BCUT2D eigenvalue weighted by Gasteiger charge is 2.27. The van der Waals surface area contributed by atoms with E-state index in [0.29, 0.717) is 50.7 Å². The summed E-state index contributed by atoms with van der Waals surface area (Å²) in [5.74, 6) is 6.58. The maximum atomic E-state index is 10.6. The summed E-state index contributed by atoms with van der Waals surface area (Å²) in [6, 6.07) is 11.5. The summed E-state index contributed by atoms with van der Waals surface area (Å²) < 4.78 is 17.1. The number of nitrogens with zero attached hydrogens (tertiary/aromatic N) is 2. The first-order valence-corrected chi connectivity index (χ1v) is 10.5. The molecule has 3 rings (SSSR count). The molecule has 2 aromatic rings. The van der Waals surface area contributed by atoms with Crippen molar-refractivity contribution in [3.63, 3.8) is 0 Å². The van der Waals surface area contributed by atoms with Crippen molar-refractivity contribution in [1.82, 2.24) is 10.2 Å². The molecule has 0 saturated carbocycles. The van der Waals surface area contributed by atoms with Gasteiger partial charge in [0.25, 0.3) is 5.88 Å². The SMILES string of the molecule is C=CC=CC=C(C)COc1nnc(C#CC2(O)CCOCC2)cc1OCc1ccccc1. The van der Waals surface area contributed by atoms with Gasteiger partial charge in [0, 0.05) is 18.9 Å². The van der Waals surface area contributed by atoms with Gasteiger partial charge in [0.15, 0.2) is 5.75 Å². The van der Waals surface area contributed by atoms with E-state index in [4.69, 9.17) is 14.2 Å². The van der Waals surface area contributed by atoms with Gasteiger partial charge in [0.1, 0.15) is 24.5 Å². The smallest absolute Gasteiger partial charge is 0.276 e. The zero-order valence-electron chi connectivity index (χ0n) is 18.3. The molecule has 6 heteroatoms. The van der Waals surface area contributed by atoms with Crippen LogP contribution < -0.4 is 9.47 Å². The standard InChI is InChI=1S/C26H28N2O4/c1-3-4-6-9-21(2)19-32-25-24(31-20-22-10-7-5-8-11-22)18-23(27-28-25)12-13-26(29)14-16-30-17-15-26/h3-11,18,29H,1,14-17,19-20H2,2H3. The van der Waals surface area contributed by atoms with Crippen molar-refractivity contribution < 1.29 is 19.3 Å². The van der Waals surface area contributed by atoms with E-state index in [1.807, 2.05) is 55.5 Å². The fourth-order valence-electron chi connectivity index (χ4n) is 2.91. The van der Waals surface area contributed by atoms with E-state index in [1.165, 1.54) is 0 Å². The Kier molecular flexibility index (Phi) is 8.61. The molecule has 32 heavy (non-hydrogen) atoms. The van der Waals surface area contributed by atoms with Gasteiger partial charge in [0.2, 0.25) is 0 Å². The van der Waals surface area contributed by atoms with Crippen LogP contribution in [0, 0.1) is 11.8 Å². The Morgan fingerprint density at radius 2 is 1.97 bits per heavy atom. The summed E-state index contributed by atoms with van der Waals surface area (Å²) in [7, 11) is 0. The van der Waals surface area contributed by atoms with Crippen LogP contribution in [-0.2, 0) is 11.3 Å². The maximum absolute atomic E-state index is 10.6. The van der Waals surface area contributed by atoms with Crippen LogP contribution in [0.1, 0.15) is 31.0 Å². The molecule has 1 aromatic heterocycles. The van der Waals surface area contributed by atoms with E-state index in [1.54, 1.807) is 12.1 Å². The largest absolute Gasteiger partial charge is 0.483 e. The summed E-state index contributed by atoms with van der Waals surface area (Å²) in [4.78, 5) is 0. The van der Waals surface area contributed by atoms with E-state index in [-0.39, 0.29) is 5.88 Å². The Balaban J connectivity index is 1.77. The van der Waals surface area contributed by atoms with E-state index in [2.05, 4.69) is 28.6 Å². The molecule has 0 atom stereocenters. The minimum Gasteiger partial charge on any atom is -0.483 e. The highest BCUT2D eigenvalue weighted by Crippen LogP contribution is 2.26. The molecule has 1 aliphatic rings. The molecule has 6 nitrogen and oxygen atoms in total. The predicted molar refractivity (Wildman–Crippen MR) is 123 cm³/mol. The zero-order chi connectivity index (χ0) is 22.7. The predicted octanol–water partition coefficient (Wildman–Crippen LogP) is 4.02. The molecule has 0 unspecified atom stereocenters. The topological polar surface area (TPSA) is 73.7 Å². The van der Waals surface area contributed by atoms with Crippen molar-refractivity contribution in [3.05, 3.63) is 84.1 Å². The van der Waals surface area contributed by atoms with Gasteiger partial charge in [-0.15, -0.1) is 10.2 Å². The van der Waals surface area contributed by atoms with Crippen molar-refractivity contribution in [3.8, 4) is 23.5 Å². The van der Waals surface area contributed by atoms with Crippen LogP contribution in [0.25, 0.3) is 0 Å². The van der Waals surface area contributed by atoms with E-state index >= 15 is 0 Å². The summed E-state index contributed by atoms with van der Waals surface area (Å²) in [6.45, 7) is 7.28. The molecule has 166 valence electrons. The minimum absolute atomic E-state index is 0.289. The fraction of sp³-hybridized carbons (Fsp3) is 0.308. The number of aliphatic hydroxyl groups is 1. The second-order valence-electron chi connectivity index (χ2n) is 7.49. The van der Waals surface area contributed by atoms with Gasteiger partial charge in [-0.25, -0.2) is 0 Å². The van der Waals surface area contributed by atoms with E-state index in [9.17, 15) is 5.11 Å². The molecular weight excluding hydrogens is 404 g/mol. The monoisotopic (exact) mass is 432 g/mol. The van der Waals surface area contributed by atoms with Gasteiger partial charge in [-0.05, 0) is 24.0 Å². The van der Waals surface area contributed by atoms with Gasteiger partial charge < -0.3 is 19.3 Å². The van der Waals surface area contributed by atoms with Crippen LogP contribution in [0.4, 0.5) is 0 Å². The van der Waals surface area contributed by atoms with Gasteiger partial charge >= 0.3 is 0 Å². The van der Waals surface area contributed by atoms with Crippen molar-refractivity contribution in [2.75, 3.05) is 19.8 Å². The molecule has 2 heterocycles. The molecule has 1 saturated heterocycles. The lowest BCUT2D eigenvalue weighted by Crippen LogP contribution is -2.34. The Bertz CT molecular complexity index is 1010. The molecule has 1 aromatic carbocycles. The third kappa shape index (κ3) is 7.38. The number of hydrogen-bond donors (Lipinski definition) is 1. The average Bonchev–Trinajstić information content (AvgIpc) is 2.82. The molecule has 0 radical (unpaired) electrons. The highest BCUT2D eigenvalue weighted by molar-refractivity contribution is 5.40. The zero-order valence-corrected chi connectivity index (χ0v) is 18.3. The van der Waals surface area contributed by atoms with Crippen molar-refractivity contribution in [2.24, 2.45) is 0 Å². The average molecular weight is 433 g/mol. The Labute approximate surface area is 189 Å². The second kappa shape index (κ2) is 11.8. The minimum atomic E-state index is -1.07. The summed E-state index contributed by atoms with van der Waals surface area (Å²) in [5.41, 5.74) is 1.36. The Morgan fingerprint density at radius 3 is 2.72 bits per heavy atom. The number of benzene rings is 1. The lowest BCUT2D eigenvalue weighted by atomic mass is 9.95. The molecular formula is C26H28N2O4. The van der Waals surface area contributed by atoms with Crippen LogP contribution in [0.15, 0.2) is 72.9 Å². The van der Waals surface area contributed by atoms with Crippen molar-refractivity contribution in [2.45, 2.75) is 32.0 Å². The van der Waals surface area contributed by atoms with E-state index in [0.717, 1.165) is 11.1 Å². The second-order valence-corrected chi connectivity index (χ2v) is 7.49. The number of rotatable bonds is 8. The highest BCUT2D eigenvalue weighted by atomic mass is 16.5. The summed E-state index contributed by atoms with van der Waals surface area (Å²) >= 11 is 0. The number of aromatic nitrogens is 2. The van der Waals surface area contributed by atoms with Gasteiger partial charge in [0.05, 0.1) is 13.2 Å². The molecule has 1 aliphatic heterocycles. The molecule has 0 bridgehead atoms. The lowest BCUT2D eigenvalue weighted by molar-refractivity contribution is -0.0262. The van der Waals surface area contributed by atoms with Crippen LogP contribution in [0.2, 0.25) is 0 Å². The molecule has 1 N–H and O–H groups in total. The van der Waals surface area contributed by atoms with Crippen molar-refractivity contribution >= 4 is 0 Å². The Morgan fingerprint density at radius 1 is 1.19 bits per heavy atom. The van der Waals surface area contributed by atoms with Crippen LogP contribution in [-0.4, -0.2) is 40.7 Å². The fourth-order valence-corrected chi connectivity index (χ4v) is 2.91. The number of ether oxygens (including phenoxy) is 3. The van der Waals surface area contributed by atoms with Crippen molar-refractivity contribution in [1.29, 1.82) is 0 Å². The third-order valence-corrected chi connectivity index (χ3v) is 4.77. The van der Waals surface area contributed by atoms with Gasteiger partial charge in [-0.1, -0.05) is 67.1 Å². The molecule has 0 aliphatic carbocycles. The normalized spacial score (nSPS) is 15.6. The van der Waals surface area contributed by atoms with E-state index < -0.39 is 5.60 Å². The first-order valence-electron chi connectivity index (χ1n) is 10.5. The summed E-state index contributed by atoms with van der Waals surface area (Å²) in [6.07, 6.45) is 8.33. The van der Waals surface area contributed by atoms with Gasteiger partial charge in [-0.3, -0.25) is 0 Å². The van der Waals surface area contributed by atoms with Gasteiger partial charge in [-0.2, -0.15) is 0 Å². The van der Waals surface area contributed by atoms with Crippen LogP contribution in [0.5, 0.6) is 11.6 Å². The first kappa shape index (κ1) is 23.3. The van der Waals surface area contributed by atoms with Crippen LogP contribution in [0.3, 0.4) is 0 Å². The quantitative estimate of drug-likeness (QED) is 0.502. The number of allylic oxidation sites excluding steroid dienone is 4. The Hall–Kier alpha value is -3.40.